The summed E-state index contributed by atoms with van der Waals surface area (Å²) in [4.78, 5) is 0. The highest BCUT2D eigenvalue weighted by Gasteiger charge is 2.15. The molecule has 0 spiro atoms. The van der Waals surface area contributed by atoms with Crippen molar-refractivity contribution in [1.29, 1.82) is 0 Å². The minimum atomic E-state index is 0.888. The molecule has 1 heterocycles. The lowest BCUT2D eigenvalue weighted by molar-refractivity contribution is 0.842. The van der Waals surface area contributed by atoms with Gasteiger partial charge in [-0.1, -0.05) is 78.9 Å². The van der Waals surface area contributed by atoms with Gasteiger partial charge in [0.2, 0.25) is 0 Å². The van der Waals surface area contributed by atoms with Crippen LogP contribution in [0.4, 0.5) is 0 Å². The molecule has 4 aromatic rings. The van der Waals surface area contributed by atoms with E-state index < -0.39 is 0 Å². The number of hydrogen-bond donors (Lipinski definition) is 0. The molecule has 0 bridgehead atoms. The second-order valence-electron chi connectivity index (χ2n) is 5.93. The van der Waals surface area contributed by atoms with Crippen molar-refractivity contribution in [3.8, 4) is 11.3 Å². The molecule has 0 saturated carbocycles. The fraction of sp³-hybridized carbons (Fsp3) is 0.0909. The zero-order chi connectivity index (χ0) is 15.6. The Morgan fingerprint density at radius 3 is 2.04 bits per heavy atom. The number of rotatable bonds is 3. The zero-order valence-corrected chi connectivity index (χ0v) is 13.2. The topological polar surface area (TPSA) is 4.93 Å². The molecule has 0 unspecified atom stereocenters. The SMILES string of the molecule is Cc1c(-c2ccccc2)n(Cc2ccccc2)c2ccccc12. The van der Waals surface area contributed by atoms with Crippen molar-refractivity contribution in [2.45, 2.75) is 13.5 Å². The standard InChI is InChI=1S/C22H19N/c1-17-20-14-8-9-15-21(20)23(16-18-10-4-2-5-11-18)22(17)19-12-6-3-7-13-19/h2-15H,16H2,1H3. The number of hydrogen-bond acceptors (Lipinski definition) is 0. The van der Waals surface area contributed by atoms with E-state index in [-0.39, 0.29) is 0 Å². The van der Waals surface area contributed by atoms with E-state index in [1.54, 1.807) is 0 Å². The fourth-order valence-corrected chi connectivity index (χ4v) is 3.38. The molecule has 0 aliphatic heterocycles. The third-order valence-corrected chi connectivity index (χ3v) is 4.45. The average molecular weight is 297 g/mol. The number of nitrogens with zero attached hydrogens (tertiary/aromatic N) is 1. The smallest absolute Gasteiger partial charge is 0.0524 e. The van der Waals surface area contributed by atoms with E-state index in [0.29, 0.717) is 0 Å². The Bertz CT molecular complexity index is 934. The second-order valence-corrected chi connectivity index (χ2v) is 5.93. The van der Waals surface area contributed by atoms with Crippen molar-refractivity contribution in [2.75, 3.05) is 0 Å². The van der Waals surface area contributed by atoms with E-state index >= 15 is 0 Å². The van der Waals surface area contributed by atoms with Crippen LogP contribution in [-0.2, 0) is 6.54 Å². The largest absolute Gasteiger partial charge is 0.336 e. The van der Waals surface area contributed by atoms with Crippen molar-refractivity contribution in [1.82, 2.24) is 4.57 Å². The molecule has 0 N–H and O–H groups in total. The number of aryl methyl sites for hydroxylation is 1. The number of fused-ring (bicyclic) bond motifs is 1. The van der Waals surface area contributed by atoms with Crippen LogP contribution in [0.15, 0.2) is 84.9 Å². The lowest BCUT2D eigenvalue weighted by atomic mass is 10.1. The van der Waals surface area contributed by atoms with E-state index in [1.165, 1.54) is 33.3 Å². The summed E-state index contributed by atoms with van der Waals surface area (Å²) in [5, 5.41) is 1.34. The maximum atomic E-state index is 2.44. The highest BCUT2D eigenvalue weighted by atomic mass is 15.0. The van der Waals surface area contributed by atoms with Crippen LogP contribution in [0.25, 0.3) is 22.2 Å². The van der Waals surface area contributed by atoms with Gasteiger partial charge in [-0.25, -0.2) is 0 Å². The first-order valence-electron chi connectivity index (χ1n) is 8.02. The van der Waals surface area contributed by atoms with Crippen LogP contribution >= 0.6 is 0 Å². The second kappa shape index (κ2) is 5.77. The van der Waals surface area contributed by atoms with E-state index in [1.807, 2.05) is 0 Å². The van der Waals surface area contributed by atoms with Gasteiger partial charge in [0.1, 0.15) is 0 Å². The van der Waals surface area contributed by atoms with E-state index in [4.69, 9.17) is 0 Å². The molecule has 0 fully saturated rings. The minimum Gasteiger partial charge on any atom is -0.336 e. The van der Waals surface area contributed by atoms with E-state index in [2.05, 4.69) is 96.4 Å². The predicted octanol–water partition coefficient (Wildman–Crippen LogP) is 5.67. The van der Waals surface area contributed by atoms with Crippen molar-refractivity contribution < 1.29 is 0 Å². The molecule has 0 atom stereocenters. The first kappa shape index (κ1) is 13.8. The van der Waals surface area contributed by atoms with Crippen LogP contribution in [0.5, 0.6) is 0 Å². The quantitative estimate of drug-likeness (QED) is 0.459. The Morgan fingerprint density at radius 2 is 1.30 bits per heavy atom. The molecule has 1 aromatic heterocycles. The van der Waals surface area contributed by atoms with Gasteiger partial charge in [-0.05, 0) is 29.7 Å². The van der Waals surface area contributed by atoms with Crippen molar-refractivity contribution in [3.05, 3.63) is 96.1 Å². The monoisotopic (exact) mass is 297 g/mol. The van der Waals surface area contributed by atoms with Gasteiger partial charge >= 0.3 is 0 Å². The third kappa shape index (κ3) is 2.44. The lowest BCUT2D eigenvalue weighted by Gasteiger charge is -2.12. The molecule has 0 amide bonds. The summed E-state index contributed by atoms with van der Waals surface area (Å²) in [6.45, 7) is 3.12. The maximum Gasteiger partial charge on any atom is 0.0524 e. The van der Waals surface area contributed by atoms with Crippen LogP contribution < -0.4 is 0 Å². The summed E-state index contributed by atoms with van der Waals surface area (Å²) >= 11 is 0. The molecular formula is C22H19N. The molecule has 112 valence electrons. The van der Waals surface area contributed by atoms with E-state index in [0.717, 1.165) is 6.54 Å². The Balaban J connectivity index is 1.97. The molecule has 0 radical (unpaired) electrons. The Labute approximate surface area is 136 Å². The van der Waals surface area contributed by atoms with E-state index in [9.17, 15) is 0 Å². The summed E-state index contributed by atoms with van der Waals surface area (Å²) in [7, 11) is 0. The van der Waals surface area contributed by atoms with Gasteiger partial charge in [-0.2, -0.15) is 0 Å². The number of benzene rings is 3. The summed E-state index contributed by atoms with van der Waals surface area (Å²) in [5.74, 6) is 0. The fourth-order valence-electron chi connectivity index (χ4n) is 3.38. The van der Waals surface area contributed by atoms with Crippen LogP contribution in [0, 0.1) is 6.92 Å². The molecule has 1 nitrogen and oxygen atoms in total. The minimum absolute atomic E-state index is 0.888. The maximum absolute atomic E-state index is 2.44. The summed E-state index contributed by atoms with van der Waals surface area (Å²) < 4.78 is 2.44. The van der Waals surface area contributed by atoms with Crippen molar-refractivity contribution in [3.63, 3.8) is 0 Å². The predicted molar refractivity (Wildman–Crippen MR) is 97.7 cm³/mol. The summed E-state index contributed by atoms with van der Waals surface area (Å²) in [5.41, 5.74) is 6.56. The van der Waals surface area contributed by atoms with Crippen LogP contribution in [0.2, 0.25) is 0 Å². The van der Waals surface area contributed by atoms with Crippen molar-refractivity contribution >= 4 is 10.9 Å². The Morgan fingerprint density at radius 1 is 0.696 bits per heavy atom. The summed E-state index contributed by atoms with van der Waals surface area (Å²) in [6, 6.07) is 30.0. The Hall–Kier alpha value is -2.80. The lowest BCUT2D eigenvalue weighted by Crippen LogP contribution is -2.02. The molecule has 1 heteroatoms. The molecule has 0 saturated heterocycles. The van der Waals surface area contributed by atoms with Gasteiger partial charge in [0.05, 0.1) is 5.69 Å². The van der Waals surface area contributed by atoms with Gasteiger partial charge in [-0.3, -0.25) is 0 Å². The Kier molecular flexibility index (Phi) is 3.47. The third-order valence-electron chi connectivity index (χ3n) is 4.45. The molecule has 3 aromatic carbocycles. The zero-order valence-electron chi connectivity index (χ0n) is 13.2. The van der Waals surface area contributed by atoms with Gasteiger partial charge < -0.3 is 4.57 Å². The van der Waals surface area contributed by atoms with Crippen molar-refractivity contribution in [2.24, 2.45) is 0 Å². The van der Waals surface area contributed by atoms with Gasteiger partial charge in [-0.15, -0.1) is 0 Å². The number of aromatic nitrogens is 1. The van der Waals surface area contributed by atoms with Crippen LogP contribution in [0.1, 0.15) is 11.1 Å². The molecule has 23 heavy (non-hydrogen) atoms. The highest BCUT2D eigenvalue weighted by molar-refractivity contribution is 5.91. The van der Waals surface area contributed by atoms with Gasteiger partial charge in [0.15, 0.2) is 0 Å². The van der Waals surface area contributed by atoms with Crippen LogP contribution in [-0.4, -0.2) is 4.57 Å². The van der Waals surface area contributed by atoms with Gasteiger partial charge in [0.25, 0.3) is 0 Å². The molecular weight excluding hydrogens is 278 g/mol. The molecule has 4 rings (SSSR count). The summed E-state index contributed by atoms with van der Waals surface area (Å²) in [6.07, 6.45) is 0. The normalized spacial score (nSPS) is 11.0. The van der Waals surface area contributed by atoms with Crippen LogP contribution in [0.3, 0.4) is 0 Å². The van der Waals surface area contributed by atoms with Gasteiger partial charge in [0, 0.05) is 17.4 Å². The first-order valence-corrected chi connectivity index (χ1v) is 8.02. The highest BCUT2D eigenvalue weighted by Crippen LogP contribution is 2.33. The number of para-hydroxylation sites is 1. The molecule has 0 aliphatic rings. The average Bonchev–Trinajstić information content (AvgIpc) is 2.89. The molecule has 0 aliphatic carbocycles. The first-order chi connectivity index (χ1) is 11.3.